The van der Waals surface area contributed by atoms with Crippen molar-refractivity contribution < 1.29 is 4.74 Å². The number of ether oxygens (including phenoxy) is 1. The standard InChI is InChI=1S/C15H18N2O/c1-2-10-16-12-13-7-6-11-17-15(13)18-14-8-4-3-5-9-14/h3-9,11,16H,2,10,12H2,1H3. The summed E-state index contributed by atoms with van der Waals surface area (Å²) in [5, 5.41) is 3.36. The van der Waals surface area contributed by atoms with Gasteiger partial charge in [-0.3, -0.25) is 0 Å². The Balaban J connectivity index is 2.07. The summed E-state index contributed by atoms with van der Waals surface area (Å²) in [5.41, 5.74) is 1.08. The van der Waals surface area contributed by atoms with Gasteiger partial charge in [-0.1, -0.05) is 31.2 Å². The molecule has 1 N–H and O–H groups in total. The van der Waals surface area contributed by atoms with E-state index in [1.54, 1.807) is 6.20 Å². The Hall–Kier alpha value is -1.87. The van der Waals surface area contributed by atoms with Gasteiger partial charge in [0.2, 0.25) is 5.88 Å². The molecule has 1 aromatic heterocycles. The van der Waals surface area contributed by atoms with Gasteiger partial charge in [0.1, 0.15) is 5.75 Å². The van der Waals surface area contributed by atoms with E-state index in [2.05, 4.69) is 17.2 Å². The van der Waals surface area contributed by atoms with Crippen molar-refractivity contribution in [2.45, 2.75) is 19.9 Å². The van der Waals surface area contributed by atoms with E-state index in [9.17, 15) is 0 Å². The lowest BCUT2D eigenvalue weighted by atomic mass is 10.2. The summed E-state index contributed by atoms with van der Waals surface area (Å²) < 4.78 is 5.79. The van der Waals surface area contributed by atoms with Crippen molar-refractivity contribution in [1.82, 2.24) is 10.3 Å². The minimum Gasteiger partial charge on any atom is -0.439 e. The second kappa shape index (κ2) is 6.77. The van der Waals surface area contributed by atoms with Crippen molar-refractivity contribution in [3.63, 3.8) is 0 Å². The summed E-state index contributed by atoms with van der Waals surface area (Å²) >= 11 is 0. The molecule has 94 valence electrons. The van der Waals surface area contributed by atoms with Crippen molar-refractivity contribution >= 4 is 0 Å². The Labute approximate surface area is 108 Å². The highest BCUT2D eigenvalue weighted by atomic mass is 16.5. The maximum atomic E-state index is 5.79. The third-order valence-corrected chi connectivity index (χ3v) is 2.55. The molecule has 0 bridgehead atoms. The topological polar surface area (TPSA) is 34.2 Å². The highest BCUT2D eigenvalue weighted by Crippen LogP contribution is 2.22. The quantitative estimate of drug-likeness (QED) is 0.788. The lowest BCUT2D eigenvalue weighted by molar-refractivity contribution is 0.453. The van der Waals surface area contributed by atoms with Gasteiger partial charge in [-0.25, -0.2) is 4.98 Å². The predicted octanol–water partition coefficient (Wildman–Crippen LogP) is 3.37. The molecule has 0 aliphatic carbocycles. The van der Waals surface area contributed by atoms with E-state index in [0.717, 1.165) is 30.8 Å². The molecule has 3 nitrogen and oxygen atoms in total. The van der Waals surface area contributed by atoms with Crippen LogP contribution in [-0.2, 0) is 6.54 Å². The van der Waals surface area contributed by atoms with Gasteiger partial charge in [-0.15, -0.1) is 0 Å². The second-order valence-corrected chi connectivity index (χ2v) is 4.06. The molecule has 0 saturated heterocycles. The van der Waals surface area contributed by atoms with Gasteiger partial charge >= 0.3 is 0 Å². The Morgan fingerprint density at radius 2 is 1.94 bits per heavy atom. The fourth-order valence-electron chi connectivity index (χ4n) is 1.65. The summed E-state index contributed by atoms with van der Waals surface area (Å²) in [6.07, 6.45) is 2.87. The lowest BCUT2D eigenvalue weighted by Crippen LogP contribution is -2.14. The molecule has 18 heavy (non-hydrogen) atoms. The van der Waals surface area contributed by atoms with Crippen molar-refractivity contribution in [2.75, 3.05) is 6.54 Å². The first-order valence-electron chi connectivity index (χ1n) is 6.27. The minimum absolute atomic E-state index is 0.673. The summed E-state index contributed by atoms with van der Waals surface area (Å²) in [7, 11) is 0. The van der Waals surface area contributed by atoms with Crippen LogP contribution in [0, 0.1) is 0 Å². The van der Waals surface area contributed by atoms with E-state index in [4.69, 9.17) is 4.74 Å². The predicted molar refractivity (Wildman–Crippen MR) is 72.8 cm³/mol. The zero-order valence-corrected chi connectivity index (χ0v) is 10.6. The summed E-state index contributed by atoms with van der Waals surface area (Å²) in [6, 6.07) is 13.7. The number of para-hydroxylation sites is 1. The van der Waals surface area contributed by atoms with Gasteiger partial charge in [0.15, 0.2) is 0 Å². The largest absolute Gasteiger partial charge is 0.439 e. The fraction of sp³-hybridized carbons (Fsp3) is 0.267. The number of hydrogen-bond acceptors (Lipinski definition) is 3. The van der Waals surface area contributed by atoms with Crippen LogP contribution < -0.4 is 10.1 Å². The molecule has 0 unspecified atom stereocenters. The van der Waals surface area contributed by atoms with Crippen molar-refractivity contribution in [1.29, 1.82) is 0 Å². The van der Waals surface area contributed by atoms with Gasteiger partial charge in [0, 0.05) is 18.3 Å². The number of benzene rings is 1. The molecule has 0 spiro atoms. The Morgan fingerprint density at radius 3 is 2.72 bits per heavy atom. The monoisotopic (exact) mass is 242 g/mol. The maximum absolute atomic E-state index is 5.79. The van der Waals surface area contributed by atoms with Gasteiger partial charge in [-0.05, 0) is 31.2 Å². The highest BCUT2D eigenvalue weighted by Gasteiger charge is 2.05. The van der Waals surface area contributed by atoms with Crippen molar-refractivity contribution in [2.24, 2.45) is 0 Å². The third-order valence-electron chi connectivity index (χ3n) is 2.55. The van der Waals surface area contributed by atoms with Crippen LogP contribution in [0.2, 0.25) is 0 Å². The zero-order chi connectivity index (χ0) is 12.6. The number of aromatic nitrogens is 1. The van der Waals surface area contributed by atoms with Gasteiger partial charge in [0.25, 0.3) is 0 Å². The maximum Gasteiger partial charge on any atom is 0.223 e. The van der Waals surface area contributed by atoms with Crippen LogP contribution >= 0.6 is 0 Å². The molecule has 0 radical (unpaired) electrons. The van der Waals surface area contributed by atoms with Crippen LogP contribution in [0.1, 0.15) is 18.9 Å². The normalized spacial score (nSPS) is 10.3. The molecule has 0 atom stereocenters. The molecule has 0 aliphatic heterocycles. The molecule has 2 rings (SSSR count). The van der Waals surface area contributed by atoms with Crippen LogP contribution in [0.25, 0.3) is 0 Å². The van der Waals surface area contributed by atoms with Crippen LogP contribution in [0.15, 0.2) is 48.7 Å². The average Bonchev–Trinajstić information content (AvgIpc) is 2.42. The Kier molecular flexibility index (Phi) is 4.73. The van der Waals surface area contributed by atoms with Crippen LogP contribution in [0.5, 0.6) is 11.6 Å². The SMILES string of the molecule is CCCNCc1cccnc1Oc1ccccc1. The molecule has 0 saturated carbocycles. The van der Waals surface area contributed by atoms with Crippen LogP contribution in [0.4, 0.5) is 0 Å². The Bertz CT molecular complexity index is 471. The highest BCUT2D eigenvalue weighted by molar-refractivity contribution is 5.31. The number of nitrogens with zero attached hydrogens (tertiary/aromatic N) is 1. The number of hydrogen-bond donors (Lipinski definition) is 1. The van der Waals surface area contributed by atoms with E-state index >= 15 is 0 Å². The summed E-state index contributed by atoms with van der Waals surface area (Å²) in [5.74, 6) is 1.49. The first-order chi connectivity index (χ1) is 8.90. The van der Waals surface area contributed by atoms with Crippen LogP contribution in [0.3, 0.4) is 0 Å². The molecule has 0 fully saturated rings. The Morgan fingerprint density at radius 1 is 1.11 bits per heavy atom. The van der Waals surface area contributed by atoms with Crippen molar-refractivity contribution in [3.05, 3.63) is 54.2 Å². The second-order valence-electron chi connectivity index (χ2n) is 4.06. The first kappa shape index (κ1) is 12.6. The molecule has 3 heteroatoms. The van der Waals surface area contributed by atoms with Crippen LogP contribution in [-0.4, -0.2) is 11.5 Å². The van der Waals surface area contributed by atoms with E-state index in [1.807, 2.05) is 42.5 Å². The fourth-order valence-corrected chi connectivity index (χ4v) is 1.65. The lowest BCUT2D eigenvalue weighted by Gasteiger charge is -2.10. The third kappa shape index (κ3) is 3.57. The molecule has 0 aliphatic rings. The minimum atomic E-state index is 0.673. The molecule has 2 aromatic rings. The zero-order valence-electron chi connectivity index (χ0n) is 10.6. The number of pyridine rings is 1. The van der Waals surface area contributed by atoms with E-state index in [-0.39, 0.29) is 0 Å². The smallest absolute Gasteiger partial charge is 0.223 e. The van der Waals surface area contributed by atoms with Gasteiger partial charge < -0.3 is 10.1 Å². The summed E-state index contributed by atoms with van der Waals surface area (Å²) in [4.78, 5) is 4.29. The van der Waals surface area contributed by atoms with E-state index in [0.29, 0.717) is 5.88 Å². The molecule has 1 heterocycles. The number of nitrogens with one attached hydrogen (secondary N) is 1. The average molecular weight is 242 g/mol. The molecule has 1 aromatic carbocycles. The van der Waals surface area contributed by atoms with E-state index in [1.165, 1.54) is 0 Å². The van der Waals surface area contributed by atoms with E-state index < -0.39 is 0 Å². The van der Waals surface area contributed by atoms with Crippen molar-refractivity contribution in [3.8, 4) is 11.6 Å². The molecular formula is C15H18N2O. The molecular weight excluding hydrogens is 224 g/mol. The van der Waals surface area contributed by atoms with Gasteiger partial charge in [0.05, 0.1) is 0 Å². The first-order valence-corrected chi connectivity index (χ1v) is 6.27. The number of rotatable bonds is 6. The molecule has 0 amide bonds. The summed E-state index contributed by atoms with van der Waals surface area (Å²) in [6.45, 7) is 3.93. The van der Waals surface area contributed by atoms with Gasteiger partial charge in [-0.2, -0.15) is 0 Å².